The van der Waals surface area contributed by atoms with Crippen molar-refractivity contribution in [3.8, 4) is 0 Å². The highest BCUT2D eigenvalue weighted by Gasteiger charge is 2.45. The second kappa shape index (κ2) is 6.55. The minimum Gasteiger partial charge on any atom is -0.326 e. The molecule has 0 saturated heterocycles. The normalized spacial score (nSPS) is 32.0. The van der Waals surface area contributed by atoms with Gasteiger partial charge >= 0.3 is 0 Å². The Balaban J connectivity index is 2.15. The predicted molar refractivity (Wildman–Crippen MR) is 88.1 cm³/mol. The van der Waals surface area contributed by atoms with Gasteiger partial charge in [-0.25, -0.2) is 8.42 Å². The largest absolute Gasteiger partial charge is 0.326 e. The van der Waals surface area contributed by atoms with Crippen molar-refractivity contribution in [2.45, 2.75) is 74.6 Å². The Labute approximate surface area is 130 Å². The van der Waals surface area contributed by atoms with E-state index in [0.29, 0.717) is 5.92 Å². The molecule has 0 bridgehead atoms. The smallest absolute Gasteiger partial charge is 0.150 e. The second-order valence-corrected chi connectivity index (χ2v) is 9.79. The second-order valence-electron chi connectivity index (χ2n) is 7.46. The molecule has 4 nitrogen and oxygen atoms in total. The van der Waals surface area contributed by atoms with E-state index in [-0.39, 0.29) is 16.8 Å². The van der Waals surface area contributed by atoms with Crippen LogP contribution < -0.4 is 5.73 Å². The number of nitrogens with zero attached hydrogens (tertiary/aromatic N) is 1. The zero-order valence-electron chi connectivity index (χ0n) is 13.8. The fourth-order valence-electron chi connectivity index (χ4n) is 4.58. The molecule has 2 aliphatic rings. The molecule has 0 aromatic carbocycles. The van der Waals surface area contributed by atoms with Crippen molar-refractivity contribution in [3.63, 3.8) is 0 Å². The van der Waals surface area contributed by atoms with Gasteiger partial charge in [0, 0.05) is 17.8 Å². The Hall–Kier alpha value is -0.130. The first-order valence-electron chi connectivity index (χ1n) is 8.39. The summed E-state index contributed by atoms with van der Waals surface area (Å²) in [7, 11) is 1.35. The highest BCUT2D eigenvalue weighted by Crippen LogP contribution is 2.41. The zero-order chi connectivity index (χ0) is 15.7. The Kier molecular flexibility index (Phi) is 5.37. The molecule has 124 valence electrons. The van der Waals surface area contributed by atoms with E-state index >= 15 is 0 Å². The average molecular weight is 317 g/mol. The Morgan fingerprint density at radius 2 is 1.71 bits per heavy atom. The van der Waals surface area contributed by atoms with Gasteiger partial charge in [0.25, 0.3) is 0 Å². The van der Waals surface area contributed by atoms with Crippen LogP contribution in [0.2, 0.25) is 0 Å². The van der Waals surface area contributed by atoms with E-state index in [9.17, 15) is 8.42 Å². The van der Waals surface area contributed by atoms with Crippen LogP contribution in [0.3, 0.4) is 0 Å². The molecule has 0 spiro atoms. The minimum absolute atomic E-state index is 0.0717. The van der Waals surface area contributed by atoms with Crippen molar-refractivity contribution in [2.75, 3.05) is 20.4 Å². The van der Waals surface area contributed by atoms with Crippen molar-refractivity contribution < 1.29 is 8.42 Å². The maximum absolute atomic E-state index is 11.9. The lowest BCUT2D eigenvalue weighted by atomic mass is 9.68. The Morgan fingerprint density at radius 1 is 1.10 bits per heavy atom. The van der Waals surface area contributed by atoms with E-state index in [1.165, 1.54) is 25.5 Å². The third kappa shape index (κ3) is 3.62. The molecular weight excluding hydrogens is 284 g/mol. The summed E-state index contributed by atoms with van der Waals surface area (Å²) >= 11 is 0. The first-order valence-corrected chi connectivity index (χ1v) is 10.3. The van der Waals surface area contributed by atoms with Crippen LogP contribution in [0, 0.1) is 5.92 Å². The van der Waals surface area contributed by atoms with Gasteiger partial charge in [-0.3, -0.25) is 0 Å². The molecule has 3 unspecified atom stereocenters. The van der Waals surface area contributed by atoms with Gasteiger partial charge in [0.15, 0.2) is 0 Å². The maximum atomic E-state index is 11.9. The summed E-state index contributed by atoms with van der Waals surface area (Å²) in [5.74, 6) is 0.346. The summed E-state index contributed by atoms with van der Waals surface area (Å²) in [4.78, 5) is 2.32. The van der Waals surface area contributed by atoms with Gasteiger partial charge < -0.3 is 10.6 Å². The van der Waals surface area contributed by atoms with E-state index in [4.69, 9.17) is 5.73 Å². The van der Waals surface area contributed by atoms with E-state index in [1.807, 2.05) is 0 Å². The van der Waals surface area contributed by atoms with Crippen molar-refractivity contribution in [1.29, 1.82) is 0 Å². The van der Waals surface area contributed by atoms with Crippen LogP contribution >= 0.6 is 0 Å². The molecule has 3 atom stereocenters. The SMILES string of the molecule is CN(C)C1(C(N)C2CCCC(S(C)(=O)=O)C2)CCCCC1. The number of rotatable bonds is 4. The van der Waals surface area contributed by atoms with Gasteiger partial charge in [0.1, 0.15) is 9.84 Å². The van der Waals surface area contributed by atoms with Gasteiger partial charge in [0.2, 0.25) is 0 Å². The van der Waals surface area contributed by atoms with Crippen molar-refractivity contribution in [1.82, 2.24) is 4.90 Å². The predicted octanol–water partition coefficient (Wildman–Crippen LogP) is 2.18. The molecule has 0 aromatic rings. The van der Waals surface area contributed by atoms with E-state index < -0.39 is 9.84 Å². The van der Waals surface area contributed by atoms with Gasteiger partial charge in [-0.15, -0.1) is 0 Å². The molecule has 2 fully saturated rings. The molecule has 2 saturated carbocycles. The summed E-state index contributed by atoms with van der Waals surface area (Å²) in [5, 5.41) is -0.176. The zero-order valence-corrected chi connectivity index (χ0v) is 14.7. The summed E-state index contributed by atoms with van der Waals surface area (Å²) in [6.45, 7) is 0. The van der Waals surface area contributed by atoms with Crippen LogP contribution in [0.1, 0.15) is 57.8 Å². The standard InChI is InChI=1S/C16H32N2O2S/c1-18(2)16(10-5-4-6-11-16)15(17)13-8-7-9-14(12-13)21(3,19)20/h13-15H,4-12,17H2,1-3H3. The quantitative estimate of drug-likeness (QED) is 0.863. The van der Waals surface area contributed by atoms with Gasteiger partial charge in [-0.2, -0.15) is 0 Å². The Bertz CT molecular complexity index is 441. The van der Waals surface area contributed by atoms with Gasteiger partial charge in [0.05, 0.1) is 5.25 Å². The number of hydrogen-bond donors (Lipinski definition) is 1. The fourth-order valence-corrected chi connectivity index (χ4v) is 5.77. The lowest BCUT2D eigenvalue weighted by Gasteiger charge is -2.50. The van der Waals surface area contributed by atoms with Gasteiger partial charge in [-0.1, -0.05) is 25.7 Å². The van der Waals surface area contributed by atoms with Crippen LogP contribution in [0.25, 0.3) is 0 Å². The van der Waals surface area contributed by atoms with Crippen molar-refractivity contribution in [2.24, 2.45) is 11.7 Å². The lowest BCUT2D eigenvalue weighted by molar-refractivity contribution is 0.0411. The van der Waals surface area contributed by atoms with E-state index in [0.717, 1.165) is 38.5 Å². The number of hydrogen-bond acceptors (Lipinski definition) is 4. The first-order chi connectivity index (χ1) is 9.77. The van der Waals surface area contributed by atoms with E-state index in [1.54, 1.807) is 0 Å². The van der Waals surface area contributed by atoms with Crippen LogP contribution in [-0.2, 0) is 9.84 Å². The summed E-state index contributed by atoms with van der Waals surface area (Å²) in [5.41, 5.74) is 6.80. The highest BCUT2D eigenvalue weighted by atomic mass is 32.2. The average Bonchev–Trinajstić information content (AvgIpc) is 2.46. The minimum atomic E-state index is -2.93. The molecule has 2 N–H and O–H groups in total. The number of likely N-dealkylation sites (N-methyl/N-ethyl adjacent to an activating group) is 1. The maximum Gasteiger partial charge on any atom is 0.150 e. The number of nitrogens with two attached hydrogens (primary N) is 1. The third-order valence-corrected chi connectivity index (χ3v) is 7.65. The van der Waals surface area contributed by atoms with E-state index in [2.05, 4.69) is 19.0 Å². The molecular formula is C16H32N2O2S. The van der Waals surface area contributed by atoms with Crippen molar-refractivity contribution in [3.05, 3.63) is 0 Å². The fraction of sp³-hybridized carbons (Fsp3) is 1.00. The topological polar surface area (TPSA) is 63.4 Å². The molecule has 0 amide bonds. The lowest BCUT2D eigenvalue weighted by Crippen LogP contribution is -2.61. The van der Waals surface area contributed by atoms with Crippen molar-refractivity contribution >= 4 is 9.84 Å². The number of sulfone groups is 1. The molecule has 5 heteroatoms. The molecule has 0 radical (unpaired) electrons. The third-order valence-electron chi connectivity index (χ3n) is 6.01. The first kappa shape index (κ1) is 17.2. The molecule has 2 rings (SSSR count). The summed E-state index contributed by atoms with van der Waals surface area (Å²) in [6.07, 6.45) is 11.1. The highest BCUT2D eigenvalue weighted by molar-refractivity contribution is 7.91. The van der Waals surface area contributed by atoms with Crippen LogP contribution in [0.5, 0.6) is 0 Å². The summed E-state index contributed by atoms with van der Waals surface area (Å²) < 4.78 is 23.8. The molecule has 0 aromatic heterocycles. The molecule has 2 aliphatic carbocycles. The van der Waals surface area contributed by atoms with Crippen LogP contribution in [0.4, 0.5) is 0 Å². The molecule has 0 aliphatic heterocycles. The van der Waals surface area contributed by atoms with Gasteiger partial charge in [-0.05, 0) is 52.1 Å². The molecule has 0 heterocycles. The van der Waals surface area contributed by atoms with Crippen LogP contribution in [0.15, 0.2) is 0 Å². The Morgan fingerprint density at radius 3 is 2.24 bits per heavy atom. The molecule has 21 heavy (non-hydrogen) atoms. The van der Waals surface area contributed by atoms with Crippen LogP contribution in [-0.4, -0.2) is 50.5 Å². The summed E-state index contributed by atoms with van der Waals surface area (Å²) in [6, 6.07) is 0.0948. The monoisotopic (exact) mass is 316 g/mol.